The lowest BCUT2D eigenvalue weighted by atomic mass is 10.1. The molecule has 2 aromatic heterocycles. The zero-order valence-corrected chi connectivity index (χ0v) is 18.8. The number of aromatic nitrogens is 3. The molecular formula is C23H19F3N4O3S. The predicted molar refractivity (Wildman–Crippen MR) is 120 cm³/mol. The molecule has 34 heavy (non-hydrogen) atoms. The van der Waals surface area contributed by atoms with Crippen molar-refractivity contribution in [3.05, 3.63) is 69.2 Å². The summed E-state index contributed by atoms with van der Waals surface area (Å²) in [4.78, 5) is 37.1. The van der Waals surface area contributed by atoms with Gasteiger partial charge in [0.1, 0.15) is 22.6 Å². The van der Waals surface area contributed by atoms with Gasteiger partial charge in [-0.1, -0.05) is 12.0 Å². The lowest BCUT2D eigenvalue weighted by Crippen LogP contribution is -2.13. The van der Waals surface area contributed by atoms with Gasteiger partial charge >= 0.3 is 6.18 Å². The van der Waals surface area contributed by atoms with Gasteiger partial charge in [0.05, 0.1) is 23.4 Å². The number of alkyl halides is 3. The zero-order valence-electron chi connectivity index (χ0n) is 17.9. The molecular weight excluding hydrogens is 469 g/mol. The summed E-state index contributed by atoms with van der Waals surface area (Å²) in [5, 5.41) is 11.7. The normalized spacial score (nSPS) is 11.0. The minimum atomic E-state index is -4.52. The van der Waals surface area contributed by atoms with E-state index < -0.39 is 17.6 Å². The molecule has 0 aliphatic carbocycles. The number of Topliss-reactive ketones (excluding diaryl/α,β-unsaturated/α-hetero) is 1. The third-order valence-corrected chi connectivity index (χ3v) is 5.61. The highest BCUT2D eigenvalue weighted by Crippen LogP contribution is 2.33. The second-order valence-electron chi connectivity index (χ2n) is 7.09. The van der Waals surface area contributed by atoms with E-state index in [1.807, 2.05) is 0 Å². The number of aliphatic hydroxyl groups is 1. The van der Waals surface area contributed by atoms with Crippen LogP contribution in [-0.4, -0.2) is 38.4 Å². The predicted octanol–water partition coefficient (Wildman–Crippen LogP) is 4.06. The van der Waals surface area contributed by atoms with E-state index in [1.54, 1.807) is 0 Å². The Kier molecular flexibility index (Phi) is 8.09. The van der Waals surface area contributed by atoms with Crippen molar-refractivity contribution >= 4 is 28.7 Å². The van der Waals surface area contributed by atoms with Gasteiger partial charge in [-0.2, -0.15) is 13.2 Å². The van der Waals surface area contributed by atoms with E-state index in [0.29, 0.717) is 17.1 Å². The Morgan fingerprint density at radius 2 is 1.97 bits per heavy atom. The first-order valence-electron chi connectivity index (χ1n) is 10.1. The van der Waals surface area contributed by atoms with Gasteiger partial charge in [-0.15, -0.1) is 11.3 Å². The van der Waals surface area contributed by atoms with Crippen LogP contribution in [0, 0.1) is 18.8 Å². The van der Waals surface area contributed by atoms with Gasteiger partial charge in [-0.05, 0) is 30.5 Å². The quantitative estimate of drug-likeness (QED) is 0.384. The number of nitrogens with zero attached hydrogens (tertiary/aromatic N) is 3. The van der Waals surface area contributed by atoms with Crippen LogP contribution >= 0.6 is 11.3 Å². The number of carbonyl (C=O) groups excluding carboxylic acids is 2. The molecule has 0 bridgehead atoms. The highest BCUT2D eigenvalue weighted by atomic mass is 32.1. The van der Waals surface area contributed by atoms with Crippen molar-refractivity contribution in [3.8, 4) is 11.8 Å². The number of hydrogen-bond acceptors (Lipinski definition) is 7. The van der Waals surface area contributed by atoms with Crippen LogP contribution < -0.4 is 5.32 Å². The molecule has 7 nitrogen and oxygen atoms in total. The molecule has 176 valence electrons. The molecule has 0 saturated carbocycles. The second kappa shape index (κ2) is 11.0. The number of rotatable bonds is 7. The van der Waals surface area contributed by atoms with Gasteiger partial charge < -0.3 is 10.4 Å². The van der Waals surface area contributed by atoms with Crippen molar-refractivity contribution < 1.29 is 27.9 Å². The highest BCUT2D eigenvalue weighted by molar-refractivity contribution is 7.13. The molecule has 0 aliphatic heterocycles. The van der Waals surface area contributed by atoms with E-state index in [9.17, 15) is 22.8 Å². The van der Waals surface area contributed by atoms with Crippen molar-refractivity contribution in [2.24, 2.45) is 0 Å². The maximum Gasteiger partial charge on any atom is 0.416 e. The lowest BCUT2D eigenvalue weighted by Gasteiger charge is -2.12. The van der Waals surface area contributed by atoms with Crippen molar-refractivity contribution in [3.63, 3.8) is 0 Å². The van der Waals surface area contributed by atoms with Gasteiger partial charge in [0.15, 0.2) is 5.78 Å². The number of thiazole rings is 1. The average molecular weight is 488 g/mol. The van der Waals surface area contributed by atoms with Gasteiger partial charge in [0.25, 0.3) is 5.91 Å². The van der Waals surface area contributed by atoms with E-state index in [2.05, 4.69) is 32.1 Å². The fourth-order valence-corrected chi connectivity index (χ4v) is 3.68. The second-order valence-corrected chi connectivity index (χ2v) is 8.20. The average Bonchev–Trinajstić information content (AvgIpc) is 3.28. The van der Waals surface area contributed by atoms with Crippen LogP contribution in [0.2, 0.25) is 0 Å². The van der Waals surface area contributed by atoms with Crippen LogP contribution in [0.1, 0.15) is 54.8 Å². The molecule has 0 atom stereocenters. The standard InChI is InChI=1S/C23H19F3N4O3S/c1-14-5-6-16(10-17(14)23(24,25)26)30-22(33)20-12-27-21(34-20)8-7-19(32)18-11-15(28-13-29-18)4-2-3-9-31/h5-6,10-13,31H,3,7-9H2,1H3,(H,30,33). The summed E-state index contributed by atoms with van der Waals surface area (Å²) in [5.74, 6) is 4.60. The smallest absolute Gasteiger partial charge is 0.395 e. The van der Waals surface area contributed by atoms with E-state index >= 15 is 0 Å². The molecule has 0 radical (unpaired) electrons. The van der Waals surface area contributed by atoms with E-state index in [1.165, 1.54) is 37.6 Å². The molecule has 3 rings (SSSR count). The first kappa shape index (κ1) is 25.0. The summed E-state index contributed by atoms with van der Waals surface area (Å²) in [7, 11) is 0. The lowest BCUT2D eigenvalue weighted by molar-refractivity contribution is -0.138. The van der Waals surface area contributed by atoms with Crippen LogP contribution in [0.5, 0.6) is 0 Å². The minimum absolute atomic E-state index is 0.0229. The maximum absolute atomic E-state index is 13.1. The fraction of sp³-hybridized carbons (Fsp3) is 0.261. The Bertz CT molecular complexity index is 1260. The van der Waals surface area contributed by atoms with Crippen LogP contribution in [-0.2, 0) is 12.6 Å². The molecule has 1 amide bonds. The summed E-state index contributed by atoms with van der Waals surface area (Å²) in [6, 6.07) is 5.04. The number of nitrogens with one attached hydrogen (secondary N) is 1. The van der Waals surface area contributed by atoms with Gasteiger partial charge in [-0.25, -0.2) is 15.0 Å². The summed E-state index contributed by atoms with van der Waals surface area (Å²) in [6.07, 6.45) is -1.33. The topological polar surface area (TPSA) is 105 Å². The molecule has 0 spiro atoms. The molecule has 1 aromatic carbocycles. The molecule has 0 unspecified atom stereocenters. The SMILES string of the molecule is Cc1ccc(NC(=O)c2cnc(CCC(=O)c3cc(C#CCCO)ncn3)s2)cc1C(F)(F)F. The van der Waals surface area contributed by atoms with Crippen LogP contribution in [0.4, 0.5) is 18.9 Å². The third kappa shape index (κ3) is 6.69. The fourth-order valence-electron chi connectivity index (χ4n) is 2.86. The molecule has 3 aromatic rings. The minimum Gasteiger partial charge on any atom is -0.395 e. The Balaban J connectivity index is 1.61. The first-order chi connectivity index (χ1) is 16.2. The monoisotopic (exact) mass is 488 g/mol. The van der Waals surface area contributed by atoms with Crippen LogP contribution in [0.25, 0.3) is 0 Å². The summed E-state index contributed by atoms with van der Waals surface area (Å²) >= 11 is 1.05. The Labute approximate surface area is 197 Å². The Morgan fingerprint density at radius 1 is 1.18 bits per heavy atom. The molecule has 11 heteroatoms. The molecule has 2 heterocycles. The number of ketones is 1. The largest absolute Gasteiger partial charge is 0.416 e. The van der Waals surface area contributed by atoms with Crippen molar-refractivity contribution in [1.29, 1.82) is 0 Å². The van der Waals surface area contributed by atoms with E-state index in [0.717, 1.165) is 17.4 Å². The number of hydrogen-bond donors (Lipinski definition) is 2. The number of carbonyl (C=O) groups is 2. The summed E-state index contributed by atoms with van der Waals surface area (Å²) in [6.45, 7) is 1.27. The number of anilines is 1. The number of amides is 1. The van der Waals surface area contributed by atoms with Gasteiger partial charge in [0, 0.05) is 31.0 Å². The van der Waals surface area contributed by atoms with E-state index in [4.69, 9.17) is 5.11 Å². The zero-order chi connectivity index (χ0) is 24.7. The Morgan fingerprint density at radius 3 is 2.71 bits per heavy atom. The highest BCUT2D eigenvalue weighted by Gasteiger charge is 2.32. The van der Waals surface area contributed by atoms with Crippen LogP contribution in [0.3, 0.4) is 0 Å². The van der Waals surface area contributed by atoms with Gasteiger partial charge in [0.2, 0.25) is 0 Å². The van der Waals surface area contributed by atoms with Gasteiger partial charge in [-0.3, -0.25) is 9.59 Å². The van der Waals surface area contributed by atoms with Crippen molar-refractivity contribution in [2.75, 3.05) is 11.9 Å². The van der Waals surface area contributed by atoms with E-state index in [-0.39, 0.29) is 47.1 Å². The van der Waals surface area contributed by atoms with Crippen molar-refractivity contribution in [2.45, 2.75) is 32.4 Å². The summed E-state index contributed by atoms with van der Waals surface area (Å²) < 4.78 is 39.3. The molecule has 2 N–H and O–H groups in total. The van der Waals surface area contributed by atoms with Crippen LogP contribution in [0.15, 0.2) is 36.8 Å². The Hall–Kier alpha value is -3.62. The van der Waals surface area contributed by atoms with Crippen molar-refractivity contribution in [1.82, 2.24) is 15.0 Å². The maximum atomic E-state index is 13.1. The number of aliphatic hydroxyl groups excluding tert-OH is 1. The molecule has 0 saturated heterocycles. The first-order valence-corrected chi connectivity index (χ1v) is 10.9. The summed E-state index contributed by atoms with van der Waals surface area (Å²) in [5.41, 5.74) is -0.179. The molecule has 0 fully saturated rings. The molecule has 0 aliphatic rings. The number of benzene rings is 1. The number of halogens is 3. The third-order valence-electron chi connectivity index (χ3n) is 4.55. The number of aryl methyl sites for hydroxylation is 2.